The lowest BCUT2D eigenvalue weighted by Crippen LogP contribution is -2.29. The van der Waals surface area contributed by atoms with Gasteiger partial charge in [-0.25, -0.2) is 4.39 Å². The van der Waals surface area contributed by atoms with Crippen molar-refractivity contribution in [3.63, 3.8) is 0 Å². The molecule has 1 aromatic rings. The average Bonchev–Trinajstić information content (AvgIpc) is 2.19. The van der Waals surface area contributed by atoms with Gasteiger partial charge in [-0.05, 0) is 31.0 Å². The highest BCUT2D eigenvalue weighted by Crippen LogP contribution is 2.24. The standard InChI is InChI=1S/C12H16ClFO2/c1-12(15,5-6-16-2)8-9-3-4-10(14)7-11(9)13/h3-4,7,15H,5-6,8H2,1-2H3. The van der Waals surface area contributed by atoms with Crippen LogP contribution in [0, 0.1) is 5.82 Å². The van der Waals surface area contributed by atoms with Gasteiger partial charge >= 0.3 is 0 Å². The van der Waals surface area contributed by atoms with Crippen molar-refractivity contribution in [3.05, 3.63) is 34.6 Å². The lowest BCUT2D eigenvalue weighted by Gasteiger charge is -2.23. The van der Waals surface area contributed by atoms with Crippen molar-refractivity contribution in [1.82, 2.24) is 0 Å². The first-order valence-electron chi connectivity index (χ1n) is 5.10. The summed E-state index contributed by atoms with van der Waals surface area (Å²) in [5.41, 5.74) is -0.151. The Labute approximate surface area is 100.0 Å². The molecule has 1 aromatic carbocycles. The van der Waals surface area contributed by atoms with E-state index in [0.29, 0.717) is 24.5 Å². The number of rotatable bonds is 5. The van der Waals surface area contributed by atoms with E-state index < -0.39 is 5.60 Å². The first-order chi connectivity index (χ1) is 7.44. The minimum absolute atomic E-state index is 0.345. The number of aliphatic hydroxyl groups is 1. The van der Waals surface area contributed by atoms with Crippen molar-refractivity contribution in [3.8, 4) is 0 Å². The molecule has 0 bridgehead atoms. The summed E-state index contributed by atoms with van der Waals surface area (Å²) >= 11 is 5.89. The fourth-order valence-electron chi connectivity index (χ4n) is 1.49. The zero-order valence-electron chi connectivity index (χ0n) is 9.46. The summed E-state index contributed by atoms with van der Waals surface area (Å²) < 4.78 is 17.7. The monoisotopic (exact) mass is 246 g/mol. The fourth-order valence-corrected chi connectivity index (χ4v) is 1.72. The van der Waals surface area contributed by atoms with Gasteiger partial charge in [-0.15, -0.1) is 0 Å². The van der Waals surface area contributed by atoms with Crippen LogP contribution in [0.1, 0.15) is 18.9 Å². The van der Waals surface area contributed by atoms with Crippen LogP contribution in [0.25, 0.3) is 0 Å². The molecule has 1 rings (SSSR count). The van der Waals surface area contributed by atoms with E-state index in [9.17, 15) is 9.50 Å². The van der Waals surface area contributed by atoms with Crippen LogP contribution in [-0.4, -0.2) is 24.4 Å². The molecule has 4 heteroatoms. The molecule has 16 heavy (non-hydrogen) atoms. The highest BCUT2D eigenvalue weighted by Gasteiger charge is 2.21. The largest absolute Gasteiger partial charge is 0.390 e. The second kappa shape index (κ2) is 5.62. The third-order valence-electron chi connectivity index (χ3n) is 2.43. The zero-order valence-corrected chi connectivity index (χ0v) is 10.2. The molecule has 0 aliphatic carbocycles. The maximum Gasteiger partial charge on any atom is 0.124 e. The first-order valence-corrected chi connectivity index (χ1v) is 5.48. The molecule has 0 amide bonds. The van der Waals surface area contributed by atoms with Gasteiger partial charge in [0.05, 0.1) is 5.60 Å². The molecule has 0 spiro atoms. The van der Waals surface area contributed by atoms with Crippen molar-refractivity contribution < 1.29 is 14.2 Å². The molecule has 1 unspecified atom stereocenters. The third-order valence-corrected chi connectivity index (χ3v) is 2.78. The summed E-state index contributed by atoms with van der Waals surface area (Å²) in [6, 6.07) is 4.19. The highest BCUT2D eigenvalue weighted by molar-refractivity contribution is 6.31. The minimum Gasteiger partial charge on any atom is -0.390 e. The Kier molecular flexibility index (Phi) is 4.71. The van der Waals surface area contributed by atoms with Crippen molar-refractivity contribution in [1.29, 1.82) is 0 Å². The normalized spacial score (nSPS) is 14.8. The number of halogens is 2. The van der Waals surface area contributed by atoms with E-state index in [1.54, 1.807) is 20.1 Å². The summed E-state index contributed by atoms with van der Waals surface area (Å²) in [7, 11) is 1.58. The van der Waals surface area contributed by atoms with E-state index >= 15 is 0 Å². The van der Waals surface area contributed by atoms with Gasteiger partial charge < -0.3 is 9.84 Å². The summed E-state index contributed by atoms with van der Waals surface area (Å²) in [4.78, 5) is 0. The van der Waals surface area contributed by atoms with Gasteiger partial charge in [-0.1, -0.05) is 17.7 Å². The van der Waals surface area contributed by atoms with Crippen LogP contribution in [-0.2, 0) is 11.2 Å². The second-order valence-corrected chi connectivity index (χ2v) is 4.56. The van der Waals surface area contributed by atoms with Crippen LogP contribution in [0.15, 0.2) is 18.2 Å². The molecule has 0 aromatic heterocycles. The summed E-state index contributed by atoms with van der Waals surface area (Å²) in [5.74, 6) is -0.370. The van der Waals surface area contributed by atoms with Gasteiger partial charge in [0.15, 0.2) is 0 Å². The van der Waals surface area contributed by atoms with Crippen LogP contribution in [0.4, 0.5) is 4.39 Å². The first kappa shape index (κ1) is 13.4. The van der Waals surface area contributed by atoms with Crippen LogP contribution in [0.2, 0.25) is 5.02 Å². The molecule has 1 atom stereocenters. The topological polar surface area (TPSA) is 29.5 Å². The summed E-state index contributed by atoms with van der Waals surface area (Å²) in [6.07, 6.45) is 0.896. The fraction of sp³-hybridized carbons (Fsp3) is 0.500. The van der Waals surface area contributed by atoms with Gasteiger partial charge in [0.1, 0.15) is 5.82 Å². The minimum atomic E-state index is -0.891. The Morgan fingerprint density at radius 1 is 1.50 bits per heavy atom. The van der Waals surface area contributed by atoms with E-state index in [4.69, 9.17) is 16.3 Å². The number of hydrogen-bond acceptors (Lipinski definition) is 2. The van der Waals surface area contributed by atoms with Gasteiger partial charge in [-0.3, -0.25) is 0 Å². The van der Waals surface area contributed by atoms with Crippen LogP contribution >= 0.6 is 11.6 Å². The van der Waals surface area contributed by atoms with E-state index in [2.05, 4.69) is 0 Å². The summed E-state index contributed by atoms with van der Waals surface area (Å²) in [6.45, 7) is 2.19. The molecule has 0 saturated heterocycles. The molecule has 0 aliphatic rings. The molecule has 1 N–H and O–H groups in total. The summed E-state index contributed by atoms with van der Waals surface area (Å²) in [5, 5.41) is 10.4. The van der Waals surface area contributed by atoms with E-state index in [0.717, 1.165) is 5.56 Å². The van der Waals surface area contributed by atoms with Crippen molar-refractivity contribution in [2.24, 2.45) is 0 Å². The number of methoxy groups -OCH3 is 1. The van der Waals surface area contributed by atoms with Crippen molar-refractivity contribution >= 4 is 11.6 Å². The van der Waals surface area contributed by atoms with Crippen molar-refractivity contribution in [2.75, 3.05) is 13.7 Å². The lowest BCUT2D eigenvalue weighted by molar-refractivity contribution is 0.0249. The Morgan fingerprint density at radius 3 is 2.75 bits per heavy atom. The van der Waals surface area contributed by atoms with E-state index in [-0.39, 0.29) is 5.82 Å². The lowest BCUT2D eigenvalue weighted by atomic mass is 9.93. The zero-order chi connectivity index (χ0) is 12.2. The predicted octanol–water partition coefficient (Wildman–Crippen LogP) is 2.81. The maximum atomic E-state index is 12.8. The van der Waals surface area contributed by atoms with E-state index in [1.165, 1.54) is 12.1 Å². The molecule has 2 nitrogen and oxygen atoms in total. The predicted molar refractivity (Wildman–Crippen MR) is 62.2 cm³/mol. The van der Waals surface area contributed by atoms with Crippen LogP contribution < -0.4 is 0 Å². The number of ether oxygens (including phenoxy) is 1. The van der Waals surface area contributed by atoms with Gasteiger partial charge in [0.2, 0.25) is 0 Å². The second-order valence-electron chi connectivity index (χ2n) is 4.15. The molecule has 0 radical (unpaired) electrons. The number of benzene rings is 1. The van der Waals surface area contributed by atoms with Crippen LogP contribution in [0.3, 0.4) is 0 Å². The molecule has 0 aliphatic heterocycles. The Bertz CT molecular complexity index is 353. The van der Waals surface area contributed by atoms with Crippen molar-refractivity contribution in [2.45, 2.75) is 25.4 Å². The maximum absolute atomic E-state index is 12.8. The molecule has 0 saturated carbocycles. The quantitative estimate of drug-likeness (QED) is 0.866. The Balaban J connectivity index is 2.71. The number of hydrogen-bond donors (Lipinski definition) is 1. The van der Waals surface area contributed by atoms with Crippen LogP contribution in [0.5, 0.6) is 0 Å². The molecular formula is C12H16ClFO2. The van der Waals surface area contributed by atoms with Gasteiger partial charge in [0, 0.05) is 25.2 Å². The third kappa shape index (κ3) is 4.08. The molecular weight excluding hydrogens is 231 g/mol. The smallest absolute Gasteiger partial charge is 0.124 e. The average molecular weight is 247 g/mol. The molecule has 0 fully saturated rings. The van der Waals surface area contributed by atoms with Gasteiger partial charge in [0.25, 0.3) is 0 Å². The highest BCUT2D eigenvalue weighted by atomic mass is 35.5. The molecule has 0 heterocycles. The SMILES string of the molecule is COCCC(C)(O)Cc1ccc(F)cc1Cl. The Morgan fingerprint density at radius 2 is 2.19 bits per heavy atom. The Hall–Kier alpha value is -0.640. The van der Waals surface area contributed by atoms with Gasteiger partial charge in [-0.2, -0.15) is 0 Å². The van der Waals surface area contributed by atoms with E-state index in [1.807, 2.05) is 0 Å². The molecule has 90 valence electrons.